The van der Waals surface area contributed by atoms with Gasteiger partial charge in [-0.1, -0.05) is 13.0 Å². The van der Waals surface area contributed by atoms with E-state index in [0.717, 1.165) is 17.7 Å². The highest BCUT2D eigenvalue weighted by molar-refractivity contribution is 5.44. The first-order chi connectivity index (χ1) is 7.67. The first-order valence-electron chi connectivity index (χ1n) is 5.58. The number of aryl methyl sites for hydroxylation is 1. The summed E-state index contributed by atoms with van der Waals surface area (Å²) in [6, 6.07) is 6.24. The Balaban J connectivity index is 2.29. The predicted octanol–water partition coefficient (Wildman–Crippen LogP) is 2.75. The Labute approximate surface area is 96.9 Å². The zero-order chi connectivity index (χ0) is 11.6. The molecule has 1 radical (unpaired) electrons. The summed E-state index contributed by atoms with van der Waals surface area (Å²) in [6.07, 6.45) is 6.26. The second-order valence-electron chi connectivity index (χ2n) is 4.32. The van der Waals surface area contributed by atoms with E-state index >= 15 is 0 Å². The first-order valence-corrected chi connectivity index (χ1v) is 5.58. The molecule has 0 saturated heterocycles. The molecule has 2 heteroatoms. The molecule has 1 aliphatic rings. The van der Waals surface area contributed by atoms with Gasteiger partial charge in [-0.25, -0.2) is 0 Å². The van der Waals surface area contributed by atoms with Gasteiger partial charge in [0.05, 0.1) is 6.61 Å². The van der Waals surface area contributed by atoms with Gasteiger partial charge in [-0.3, -0.25) is 0 Å². The summed E-state index contributed by atoms with van der Waals surface area (Å²) in [6.45, 7) is 4.68. The molecule has 2 rings (SSSR count). The molecule has 0 amide bonds. The lowest BCUT2D eigenvalue weighted by atomic mass is 9.99. The highest BCUT2D eigenvalue weighted by atomic mass is 16.5. The number of ether oxygens (including phenoxy) is 2. The number of rotatable bonds is 3. The number of hydrogen-bond donors (Lipinski definition) is 0. The maximum absolute atomic E-state index is 5.92. The normalized spacial score (nSPS) is 22.7. The molecule has 0 spiro atoms. The zero-order valence-electron chi connectivity index (χ0n) is 10.0. The van der Waals surface area contributed by atoms with E-state index in [0.29, 0.717) is 6.61 Å². The summed E-state index contributed by atoms with van der Waals surface area (Å²) in [7, 11) is 1.68. The van der Waals surface area contributed by atoms with E-state index in [1.54, 1.807) is 7.11 Å². The number of benzene rings is 1. The Morgan fingerprint density at radius 1 is 1.44 bits per heavy atom. The summed E-state index contributed by atoms with van der Waals surface area (Å²) in [4.78, 5) is 0. The third-order valence-electron chi connectivity index (χ3n) is 2.76. The fourth-order valence-electron chi connectivity index (χ4n) is 1.87. The highest BCUT2D eigenvalue weighted by Crippen LogP contribution is 2.30. The van der Waals surface area contributed by atoms with Crippen LogP contribution in [0.3, 0.4) is 0 Å². The minimum Gasteiger partial charge on any atom is -0.480 e. The molecule has 1 aliphatic heterocycles. The van der Waals surface area contributed by atoms with Crippen molar-refractivity contribution in [2.24, 2.45) is 0 Å². The van der Waals surface area contributed by atoms with E-state index in [-0.39, 0.29) is 0 Å². The molecule has 1 aromatic carbocycles. The largest absolute Gasteiger partial charge is 0.480 e. The van der Waals surface area contributed by atoms with Crippen LogP contribution in [0.25, 0.3) is 0 Å². The van der Waals surface area contributed by atoms with Crippen molar-refractivity contribution in [1.29, 1.82) is 0 Å². The van der Waals surface area contributed by atoms with Gasteiger partial charge in [-0.05, 0) is 43.2 Å². The Bertz CT molecular complexity index is 409. The fourth-order valence-corrected chi connectivity index (χ4v) is 1.87. The van der Waals surface area contributed by atoms with Gasteiger partial charge in [0.2, 0.25) is 0 Å². The van der Waals surface area contributed by atoms with E-state index in [1.165, 1.54) is 5.56 Å². The molecule has 1 unspecified atom stereocenters. The SMILES string of the molecule is CCc1ccc2c(c1)[C]=CC(C)(COC)O2. The van der Waals surface area contributed by atoms with Crippen LogP contribution in [-0.4, -0.2) is 19.3 Å². The molecule has 0 aromatic heterocycles. The van der Waals surface area contributed by atoms with Crippen molar-refractivity contribution in [2.45, 2.75) is 25.9 Å². The Kier molecular flexibility index (Phi) is 3.01. The molecule has 0 saturated carbocycles. The van der Waals surface area contributed by atoms with E-state index in [1.807, 2.05) is 19.1 Å². The van der Waals surface area contributed by atoms with Crippen LogP contribution in [0.4, 0.5) is 0 Å². The van der Waals surface area contributed by atoms with Gasteiger partial charge in [-0.15, -0.1) is 0 Å². The Morgan fingerprint density at radius 2 is 2.25 bits per heavy atom. The van der Waals surface area contributed by atoms with Gasteiger partial charge < -0.3 is 9.47 Å². The van der Waals surface area contributed by atoms with Gasteiger partial charge >= 0.3 is 0 Å². The van der Waals surface area contributed by atoms with E-state index in [4.69, 9.17) is 9.47 Å². The summed E-state index contributed by atoms with van der Waals surface area (Å²) in [5.41, 5.74) is 1.95. The van der Waals surface area contributed by atoms with Gasteiger partial charge in [0.1, 0.15) is 11.4 Å². The zero-order valence-corrected chi connectivity index (χ0v) is 10.0. The standard InChI is InChI=1S/C14H17O2/c1-4-11-5-6-13-12(9-11)7-8-14(2,16-13)10-15-3/h5-6,8-9H,4,10H2,1-3H3. The lowest BCUT2D eigenvalue weighted by Gasteiger charge is -2.30. The summed E-state index contributed by atoms with van der Waals surface area (Å²) in [5, 5.41) is 0. The third-order valence-corrected chi connectivity index (χ3v) is 2.76. The van der Waals surface area contributed by atoms with Crippen molar-refractivity contribution < 1.29 is 9.47 Å². The molecule has 85 valence electrons. The minimum absolute atomic E-state index is 0.393. The topological polar surface area (TPSA) is 18.5 Å². The van der Waals surface area contributed by atoms with Crippen LogP contribution in [-0.2, 0) is 11.2 Å². The highest BCUT2D eigenvalue weighted by Gasteiger charge is 2.27. The molecular weight excluding hydrogens is 200 g/mol. The van der Waals surface area contributed by atoms with Crippen LogP contribution in [0.2, 0.25) is 0 Å². The minimum atomic E-state index is -0.393. The monoisotopic (exact) mass is 217 g/mol. The van der Waals surface area contributed by atoms with Gasteiger partial charge in [0.25, 0.3) is 0 Å². The average molecular weight is 217 g/mol. The van der Waals surface area contributed by atoms with Crippen molar-refractivity contribution in [2.75, 3.05) is 13.7 Å². The maximum atomic E-state index is 5.92. The quantitative estimate of drug-likeness (QED) is 0.775. The third kappa shape index (κ3) is 2.12. The smallest absolute Gasteiger partial charge is 0.148 e. The summed E-state index contributed by atoms with van der Waals surface area (Å²) in [5.74, 6) is 0.888. The number of fused-ring (bicyclic) bond motifs is 1. The molecule has 1 aromatic rings. The lowest BCUT2D eigenvalue weighted by Crippen LogP contribution is -2.37. The molecule has 1 heterocycles. The van der Waals surface area contributed by atoms with E-state index in [2.05, 4.69) is 25.1 Å². The molecule has 1 atom stereocenters. The van der Waals surface area contributed by atoms with Crippen LogP contribution in [0.15, 0.2) is 24.3 Å². The molecule has 0 bridgehead atoms. The van der Waals surface area contributed by atoms with Crippen LogP contribution in [0.5, 0.6) is 5.75 Å². The second kappa shape index (κ2) is 4.30. The van der Waals surface area contributed by atoms with E-state index < -0.39 is 5.60 Å². The van der Waals surface area contributed by atoms with Crippen molar-refractivity contribution in [3.63, 3.8) is 0 Å². The second-order valence-corrected chi connectivity index (χ2v) is 4.32. The molecule has 2 nitrogen and oxygen atoms in total. The number of hydrogen-bond acceptors (Lipinski definition) is 2. The Hall–Kier alpha value is -1.28. The van der Waals surface area contributed by atoms with Gasteiger partial charge in [0.15, 0.2) is 0 Å². The van der Waals surface area contributed by atoms with Crippen molar-refractivity contribution in [1.82, 2.24) is 0 Å². The molecule has 0 aliphatic carbocycles. The van der Waals surface area contributed by atoms with Crippen molar-refractivity contribution >= 4 is 0 Å². The summed E-state index contributed by atoms with van der Waals surface area (Å²) < 4.78 is 11.1. The van der Waals surface area contributed by atoms with Crippen LogP contribution >= 0.6 is 0 Å². The summed E-state index contributed by atoms with van der Waals surface area (Å²) >= 11 is 0. The maximum Gasteiger partial charge on any atom is 0.148 e. The van der Waals surface area contributed by atoms with Crippen LogP contribution in [0, 0.1) is 6.08 Å². The van der Waals surface area contributed by atoms with Crippen LogP contribution < -0.4 is 4.74 Å². The Morgan fingerprint density at radius 3 is 2.94 bits per heavy atom. The van der Waals surface area contributed by atoms with Gasteiger partial charge in [-0.2, -0.15) is 0 Å². The van der Waals surface area contributed by atoms with E-state index in [9.17, 15) is 0 Å². The number of methoxy groups -OCH3 is 1. The van der Waals surface area contributed by atoms with Crippen molar-refractivity contribution in [3.05, 3.63) is 41.5 Å². The predicted molar refractivity (Wildman–Crippen MR) is 63.6 cm³/mol. The van der Waals surface area contributed by atoms with Crippen LogP contribution in [0.1, 0.15) is 25.0 Å². The van der Waals surface area contributed by atoms with Gasteiger partial charge in [0, 0.05) is 12.7 Å². The molecule has 0 N–H and O–H groups in total. The molecular formula is C14H17O2. The van der Waals surface area contributed by atoms with Crippen molar-refractivity contribution in [3.8, 4) is 5.75 Å². The lowest BCUT2D eigenvalue weighted by molar-refractivity contribution is 0.0361. The fraction of sp³-hybridized carbons (Fsp3) is 0.429. The first kappa shape index (κ1) is 11.2. The molecule has 16 heavy (non-hydrogen) atoms. The average Bonchev–Trinajstić information content (AvgIpc) is 2.28. The molecule has 0 fully saturated rings.